The van der Waals surface area contributed by atoms with E-state index in [2.05, 4.69) is 5.32 Å². The van der Waals surface area contributed by atoms with Gasteiger partial charge < -0.3 is 5.32 Å². The first kappa shape index (κ1) is 14.6. The van der Waals surface area contributed by atoms with E-state index < -0.39 is 10.7 Å². The Morgan fingerprint density at radius 2 is 1.95 bits per heavy atom. The molecule has 0 unspecified atom stereocenters. The predicted molar refractivity (Wildman–Crippen MR) is 76.8 cm³/mol. The van der Waals surface area contributed by atoms with Gasteiger partial charge in [-0.25, -0.2) is 4.39 Å². The van der Waals surface area contributed by atoms with Crippen molar-refractivity contribution in [2.24, 2.45) is 0 Å². The molecular formula is C13H9Cl2FN2O2. The molecule has 0 aliphatic carbocycles. The summed E-state index contributed by atoms with van der Waals surface area (Å²) in [7, 11) is 0. The van der Waals surface area contributed by atoms with Crippen molar-refractivity contribution in [3.63, 3.8) is 0 Å². The van der Waals surface area contributed by atoms with Crippen molar-refractivity contribution < 1.29 is 9.31 Å². The lowest BCUT2D eigenvalue weighted by Gasteiger charge is -2.08. The van der Waals surface area contributed by atoms with E-state index in [4.69, 9.17) is 23.2 Å². The maximum absolute atomic E-state index is 13.0. The monoisotopic (exact) mass is 314 g/mol. The maximum Gasteiger partial charge on any atom is 0.310 e. The second kappa shape index (κ2) is 6.07. The van der Waals surface area contributed by atoms with Crippen LogP contribution in [0.25, 0.3) is 0 Å². The zero-order valence-corrected chi connectivity index (χ0v) is 11.6. The summed E-state index contributed by atoms with van der Waals surface area (Å²) in [6.07, 6.45) is 0. The third kappa shape index (κ3) is 3.18. The first-order valence-corrected chi connectivity index (χ1v) is 6.35. The second-order valence-corrected chi connectivity index (χ2v) is 4.81. The molecule has 0 aliphatic heterocycles. The molecule has 0 amide bonds. The van der Waals surface area contributed by atoms with Gasteiger partial charge >= 0.3 is 5.69 Å². The summed E-state index contributed by atoms with van der Waals surface area (Å²) in [6, 6.07) is 8.85. The second-order valence-electron chi connectivity index (χ2n) is 4.00. The highest BCUT2D eigenvalue weighted by Gasteiger charge is 2.17. The summed E-state index contributed by atoms with van der Waals surface area (Å²) >= 11 is 11.5. The lowest BCUT2D eigenvalue weighted by molar-refractivity contribution is -0.383. The minimum atomic E-state index is -0.553. The van der Waals surface area contributed by atoms with E-state index in [0.717, 1.165) is 0 Å². The Labute approximate surface area is 124 Å². The number of anilines is 1. The van der Waals surface area contributed by atoms with Gasteiger partial charge in [-0.05, 0) is 29.8 Å². The number of hydrogen-bond donors (Lipinski definition) is 1. The van der Waals surface area contributed by atoms with Gasteiger partial charge in [0.2, 0.25) is 0 Å². The molecule has 0 fully saturated rings. The number of rotatable bonds is 4. The van der Waals surface area contributed by atoms with Crippen LogP contribution in [0.1, 0.15) is 5.56 Å². The van der Waals surface area contributed by atoms with Crippen molar-refractivity contribution in [1.82, 2.24) is 0 Å². The molecule has 1 N–H and O–H groups in total. The van der Waals surface area contributed by atoms with Crippen LogP contribution in [0.15, 0.2) is 36.4 Å². The van der Waals surface area contributed by atoms with Crippen LogP contribution in [0.5, 0.6) is 0 Å². The molecule has 7 heteroatoms. The van der Waals surface area contributed by atoms with E-state index in [1.54, 1.807) is 18.2 Å². The van der Waals surface area contributed by atoms with Crippen LogP contribution < -0.4 is 5.32 Å². The first-order valence-electron chi connectivity index (χ1n) is 5.59. The summed E-state index contributed by atoms with van der Waals surface area (Å²) in [5.74, 6) is -0.510. The lowest BCUT2D eigenvalue weighted by atomic mass is 10.2. The van der Waals surface area contributed by atoms with Gasteiger partial charge in [0, 0.05) is 6.54 Å². The third-order valence-corrected chi connectivity index (χ3v) is 3.23. The molecule has 4 nitrogen and oxygen atoms in total. The standard InChI is InChI=1S/C13H9Cl2FN2O2/c14-9-2-1-3-12(13(9)18(19)20)17-7-8-4-5-11(16)10(15)6-8/h1-6,17H,7H2. The summed E-state index contributed by atoms with van der Waals surface area (Å²) in [6.45, 7) is 0.265. The summed E-state index contributed by atoms with van der Waals surface area (Å²) in [5, 5.41) is 13.9. The Morgan fingerprint density at radius 1 is 1.20 bits per heavy atom. The topological polar surface area (TPSA) is 55.2 Å². The van der Waals surface area contributed by atoms with Crippen LogP contribution in [0.2, 0.25) is 10.0 Å². The quantitative estimate of drug-likeness (QED) is 0.660. The largest absolute Gasteiger partial charge is 0.375 e. The van der Waals surface area contributed by atoms with Crippen molar-refractivity contribution in [1.29, 1.82) is 0 Å². The van der Waals surface area contributed by atoms with Gasteiger partial charge in [0.25, 0.3) is 0 Å². The number of benzene rings is 2. The molecule has 2 rings (SSSR count). The van der Waals surface area contributed by atoms with Crippen molar-refractivity contribution in [3.8, 4) is 0 Å². The fraction of sp³-hybridized carbons (Fsp3) is 0.0769. The van der Waals surface area contributed by atoms with E-state index in [-0.39, 0.29) is 22.3 Å². The highest BCUT2D eigenvalue weighted by Crippen LogP contribution is 2.32. The van der Waals surface area contributed by atoms with Gasteiger partial charge in [-0.2, -0.15) is 0 Å². The Hall–Kier alpha value is -1.85. The van der Waals surface area contributed by atoms with E-state index >= 15 is 0 Å². The van der Waals surface area contributed by atoms with E-state index in [1.807, 2.05) is 0 Å². The minimum Gasteiger partial charge on any atom is -0.375 e. The Bertz CT molecular complexity index is 665. The molecule has 20 heavy (non-hydrogen) atoms. The van der Waals surface area contributed by atoms with Crippen LogP contribution in [0.4, 0.5) is 15.8 Å². The number of nitro benzene ring substituents is 1. The predicted octanol–water partition coefficient (Wildman–Crippen LogP) is 4.65. The zero-order chi connectivity index (χ0) is 14.7. The van der Waals surface area contributed by atoms with Crippen molar-refractivity contribution in [2.45, 2.75) is 6.54 Å². The summed E-state index contributed by atoms with van der Waals surface area (Å²) < 4.78 is 13.0. The van der Waals surface area contributed by atoms with Crippen LogP contribution >= 0.6 is 23.2 Å². The van der Waals surface area contributed by atoms with Gasteiger partial charge in [-0.15, -0.1) is 0 Å². The highest BCUT2D eigenvalue weighted by atomic mass is 35.5. The summed E-state index contributed by atoms with van der Waals surface area (Å²) in [5.41, 5.74) is 0.802. The molecule has 0 saturated carbocycles. The van der Waals surface area contributed by atoms with E-state index in [0.29, 0.717) is 11.3 Å². The van der Waals surface area contributed by atoms with E-state index in [9.17, 15) is 14.5 Å². The third-order valence-electron chi connectivity index (χ3n) is 2.64. The molecule has 0 aromatic heterocycles. The Balaban J connectivity index is 2.21. The minimum absolute atomic E-state index is 0.00453. The van der Waals surface area contributed by atoms with Crippen LogP contribution in [-0.2, 0) is 6.54 Å². The molecular weight excluding hydrogens is 306 g/mol. The molecule has 0 radical (unpaired) electrons. The number of nitrogens with one attached hydrogen (secondary N) is 1. The number of para-hydroxylation sites is 1. The fourth-order valence-corrected chi connectivity index (χ4v) is 2.14. The normalized spacial score (nSPS) is 10.3. The Morgan fingerprint density at radius 3 is 2.60 bits per heavy atom. The maximum atomic E-state index is 13.0. The summed E-state index contributed by atoms with van der Waals surface area (Å²) in [4.78, 5) is 10.4. The van der Waals surface area contributed by atoms with Crippen LogP contribution in [-0.4, -0.2) is 4.92 Å². The van der Waals surface area contributed by atoms with Gasteiger partial charge in [-0.1, -0.05) is 35.3 Å². The fourth-order valence-electron chi connectivity index (χ4n) is 1.69. The number of nitro groups is 1. The van der Waals surface area contributed by atoms with Gasteiger partial charge in [0.1, 0.15) is 16.5 Å². The van der Waals surface area contributed by atoms with Crippen LogP contribution in [0, 0.1) is 15.9 Å². The van der Waals surface area contributed by atoms with Gasteiger partial charge in [0.05, 0.1) is 9.95 Å². The van der Waals surface area contributed by atoms with Crippen molar-refractivity contribution in [2.75, 3.05) is 5.32 Å². The molecule has 2 aromatic rings. The number of halogens is 3. The molecule has 0 aliphatic rings. The number of hydrogen-bond acceptors (Lipinski definition) is 3. The average molecular weight is 315 g/mol. The lowest BCUT2D eigenvalue weighted by Crippen LogP contribution is -2.03. The highest BCUT2D eigenvalue weighted by molar-refractivity contribution is 6.33. The molecule has 0 bridgehead atoms. The first-order chi connectivity index (χ1) is 9.49. The SMILES string of the molecule is O=[N+]([O-])c1c(Cl)cccc1NCc1ccc(F)c(Cl)c1. The van der Waals surface area contributed by atoms with Crippen LogP contribution in [0.3, 0.4) is 0 Å². The molecule has 104 valence electrons. The smallest absolute Gasteiger partial charge is 0.310 e. The molecule has 0 atom stereocenters. The average Bonchev–Trinajstić information content (AvgIpc) is 2.39. The molecule has 0 saturated heterocycles. The van der Waals surface area contributed by atoms with Gasteiger partial charge in [0.15, 0.2) is 0 Å². The van der Waals surface area contributed by atoms with Gasteiger partial charge in [-0.3, -0.25) is 10.1 Å². The molecule has 0 spiro atoms. The van der Waals surface area contributed by atoms with Crippen molar-refractivity contribution >= 4 is 34.6 Å². The molecule has 2 aromatic carbocycles. The van der Waals surface area contributed by atoms with E-state index in [1.165, 1.54) is 18.2 Å². The molecule has 0 heterocycles. The number of nitrogens with zero attached hydrogens (tertiary/aromatic N) is 1. The Kier molecular flexibility index (Phi) is 4.42. The zero-order valence-electron chi connectivity index (χ0n) is 10.1. The van der Waals surface area contributed by atoms with Crippen molar-refractivity contribution in [3.05, 3.63) is 67.9 Å².